The summed E-state index contributed by atoms with van der Waals surface area (Å²) in [6.07, 6.45) is 5.43. The fourth-order valence-electron chi connectivity index (χ4n) is 1.45. The quantitative estimate of drug-likeness (QED) is 0.817. The molecule has 2 aromatic rings. The lowest BCUT2D eigenvalue weighted by atomic mass is 10.2. The summed E-state index contributed by atoms with van der Waals surface area (Å²) in [7, 11) is 0. The maximum absolute atomic E-state index is 11.9. The molecule has 2 aromatic heterocycles. The molecule has 2 heterocycles. The molecule has 2 rings (SSSR count). The topological polar surface area (TPSA) is 88.5 Å². The molecule has 0 bridgehead atoms. The number of carbonyl (C=O) groups is 1. The first kappa shape index (κ1) is 11.3. The molecule has 0 aliphatic rings. The predicted molar refractivity (Wildman–Crippen MR) is 61.3 cm³/mol. The van der Waals surface area contributed by atoms with E-state index in [1.807, 2.05) is 6.92 Å². The third-order valence-corrected chi connectivity index (χ3v) is 2.56. The maximum Gasteiger partial charge on any atom is 0.250 e. The van der Waals surface area contributed by atoms with Gasteiger partial charge in [-0.15, -0.1) is 0 Å². The molecule has 0 fully saturated rings. The van der Waals surface area contributed by atoms with Gasteiger partial charge in [0.1, 0.15) is 24.5 Å². The predicted octanol–water partition coefficient (Wildman–Crippen LogP) is 0.763. The number of hydrogen-bond acceptors (Lipinski definition) is 4. The average Bonchev–Trinajstić information content (AvgIpc) is 2.98. The van der Waals surface area contributed by atoms with Gasteiger partial charge < -0.3 is 5.32 Å². The molecule has 17 heavy (non-hydrogen) atoms. The highest BCUT2D eigenvalue weighted by molar-refractivity contribution is 5.93. The molecule has 0 aromatic carbocycles. The van der Waals surface area contributed by atoms with Gasteiger partial charge in [-0.05, 0) is 13.3 Å². The summed E-state index contributed by atoms with van der Waals surface area (Å²) in [6, 6.07) is -0.412. The number of hydrogen-bond donors (Lipinski definition) is 2. The molecular formula is C10H14N6O. The Morgan fingerprint density at radius 2 is 2.47 bits per heavy atom. The second kappa shape index (κ2) is 4.77. The number of nitrogens with zero attached hydrogens (tertiary/aromatic N) is 4. The fourth-order valence-corrected chi connectivity index (χ4v) is 1.45. The van der Waals surface area contributed by atoms with Crippen LogP contribution in [0, 0.1) is 0 Å². The van der Waals surface area contributed by atoms with Crippen LogP contribution in [0.25, 0.3) is 0 Å². The van der Waals surface area contributed by atoms with Crippen molar-refractivity contribution in [3.63, 3.8) is 0 Å². The highest BCUT2D eigenvalue weighted by Gasteiger charge is 2.17. The van der Waals surface area contributed by atoms with Crippen molar-refractivity contribution >= 4 is 11.7 Å². The molecule has 0 saturated carbocycles. The Bertz CT molecular complexity index is 489. The van der Waals surface area contributed by atoms with E-state index in [0.717, 1.165) is 12.0 Å². The van der Waals surface area contributed by atoms with Gasteiger partial charge in [-0.25, -0.2) is 9.67 Å². The van der Waals surface area contributed by atoms with Crippen LogP contribution in [0.3, 0.4) is 0 Å². The molecule has 0 saturated heterocycles. The number of H-pyrrole nitrogens is 1. The van der Waals surface area contributed by atoms with E-state index in [1.165, 1.54) is 17.3 Å². The number of amides is 1. The van der Waals surface area contributed by atoms with Crippen molar-refractivity contribution in [1.29, 1.82) is 0 Å². The van der Waals surface area contributed by atoms with E-state index in [1.54, 1.807) is 13.1 Å². The molecule has 1 unspecified atom stereocenters. The largest absolute Gasteiger partial charge is 0.309 e. The fraction of sp³-hybridized carbons (Fsp3) is 0.400. The SMILES string of the molecule is CCc1cn[nH]c1NC(=O)C(C)n1cncn1. The summed E-state index contributed by atoms with van der Waals surface area (Å²) >= 11 is 0. The smallest absolute Gasteiger partial charge is 0.250 e. The molecule has 7 heteroatoms. The van der Waals surface area contributed by atoms with Crippen LogP contribution in [0.2, 0.25) is 0 Å². The normalized spacial score (nSPS) is 12.4. The minimum atomic E-state index is -0.412. The average molecular weight is 234 g/mol. The van der Waals surface area contributed by atoms with Gasteiger partial charge in [-0.3, -0.25) is 9.89 Å². The van der Waals surface area contributed by atoms with Crippen LogP contribution in [0.4, 0.5) is 5.82 Å². The van der Waals surface area contributed by atoms with E-state index < -0.39 is 6.04 Å². The Hall–Kier alpha value is -2.18. The minimum absolute atomic E-state index is 0.158. The Morgan fingerprint density at radius 3 is 3.12 bits per heavy atom. The molecule has 0 spiro atoms. The first-order valence-corrected chi connectivity index (χ1v) is 5.39. The first-order valence-electron chi connectivity index (χ1n) is 5.39. The van der Waals surface area contributed by atoms with Gasteiger partial charge in [0.15, 0.2) is 0 Å². The van der Waals surface area contributed by atoms with E-state index in [0.29, 0.717) is 5.82 Å². The number of aromatic amines is 1. The minimum Gasteiger partial charge on any atom is -0.309 e. The van der Waals surface area contributed by atoms with Crippen LogP contribution in [0.1, 0.15) is 25.5 Å². The molecule has 7 nitrogen and oxygen atoms in total. The van der Waals surface area contributed by atoms with Crippen LogP contribution >= 0.6 is 0 Å². The highest BCUT2D eigenvalue weighted by atomic mass is 16.2. The molecule has 1 amide bonds. The zero-order chi connectivity index (χ0) is 12.3. The lowest BCUT2D eigenvalue weighted by Crippen LogP contribution is -2.24. The molecule has 0 radical (unpaired) electrons. The van der Waals surface area contributed by atoms with E-state index >= 15 is 0 Å². The van der Waals surface area contributed by atoms with Gasteiger partial charge in [0.25, 0.3) is 0 Å². The lowest BCUT2D eigenvalue weighted by molar-refractivity contribution is -0.119. The molecule has 90 valence electrons. The van der Waals surface area contributed by atoms with E-state index in [4.69, 9.17) is 0 Å². The second-order valence-corrected chi connectivity index (χ2v) is 3.66. The van der Waals surface area contributed by atoms with Crippen molar-refractivity contribution in [3.05, 3.63) is 24.4 Å². The summed E-state index contributed by atoms with van der Waals surface area (Å²) in [5, 5.41) is 13.4. The number of anilines is 1. The Labute approximate surface area is 98.2 Å². The molecular weight excluding hydrogens is 220 g/mol. The summed E-state index contributed by atoms with van der Waals surface area (Å²) in [4.78, 5) is 15.7. The van der Waals surface area contributed by atoms with Crippen molar-refractivity contribution < 1.29 is 4.79 Å². The van der Waals surface area contributed by atoms with Crippen LogP contribution < -0.4 is 5.32 Å². The summed E-state index contributed by atoms with van der Waals surface area (Å²) in [6.45, 7) is 3.76. The molecule has 2 N–H and O–H groups in total. The number of rotatable bonds is 4. The summed E-state index contributed by atoms with van der Waals surface area (Å²) in [5.41, 5.74) is 0.976. The van der Waals surface area contributed by atoms with Gasteiger partial charge >= 0.3 is 0 Å². The monoisotopic (exact) mass is 234 g/mol. The van der Waals surface area contributed by atoms with Crippen molar-refractivity contribution in [3.8, 4) is 0 Å². The number of nitrogens with one attached hydrogen (secondary N) is 2. The van der Waals surface area contributed by atoms with Crippen molar-refractivity contribution in [2.24, 2.45) is 0 Å². The van der Waals surface area contributed by atoms with Gasteiger partial charge in [0.05, 0.1) is 6.20 Å². The van der Waals surface area contributed by atoms with E-state index in [-0.39, 0.29) is 5.91 Å². The van der Waals surface area contributed by atoms with E-state index in [9.17, 15) is 4.79 Å². The van der Waals surface area contributed by atoms with Crippen molar-refractivity contribution in [1.82, 2.24) is 25.0 Å². The third kappa shape index (κ3) is 2.32. The molecule has 0 aliphatic carbocycles. The van der Waals surface area contributed by atoms with E-state index in [2.05, 4.69) is 25.6 Å². The Kier molecular flexibility index (Phi) is 3.17. The molecule has 1 atom stereocenters. The van der Waals surface area contributed by atoms with Gasteiger partial charge in [0, 0.05) is 5.56 Å². The Balaban J connectivity index is 2.07. The third-order valence-electron chi connectivity index (χ3n) is 2.56. The summed E-state index contributed by atoms with van der Waals surface area (Å²) in [5.74, 6) is 0.485. The van der Waals surface area contributed by atoms with Crippen LogP contribution in [0.5, 0.6) is 0 Å². The number of carbonyl (C=O) groups excluding carboxylic acids is 1. The molecule has 0 aliphatic heterocycles. The highest BCUT2D eigenvalue weighted by Crippen LogP contribution is 2.13. The first-order chi connectivity index (χ1) is 8.22. The zero-order valence-electron chi connectivity index (χ0n) is 9.71. The van der Waals surface area contributed by atoms with Crippen LogP contribution in [-0.4, -0.2) is 30.9 Å². The van der Waals surface area contributed by atoms with Gasteiger partial charge in [-0.1, -0.05) is 6.92 Å². The Morgan fingerprint density at radius 1 is 1.65 bits per heavy atom. The van der Waals surface area contributed by atoms with Crippen LogP contribution in [0.15, 0.2) is 18.9 Å². The lowest BCUT2D eigenvalue weighted by Gasteiger charge is -2.11. The zero-order valence-corrected chi connectivity index (χ0v) is 9.71. The van der Waals surface area contributed by atoms with Crippen LogP contribution in [-0.2, 0) is 11.2 Å². The van der Waals surface area contributed by atoms with Gasteiger partial charge in [0.2, 0.25) is 5.91 Å². The second-order valence-electron chi connectivity index (χ2n) is 3.66. The van der Waals surface area contributed by atoms with Crippen molar-refractivity contribution in [2.45, 2.75) is 26.3 Å². The van der Waals surface area contributed by atoms with Gasteiger partial charge in [-0.2, -0.15) is 10.2 Å². The van der Waals surface area contributed by atoms with Crippen molar-refractivity contribution in [2.75, 3.05) is 5.32 Å². The standard InChI is InChI=1S/C10H14N6O/c1-3-8-4-12-15-9(8)14-10(17)7(2)16-6-11-5-13-16/h4-7H,3H2,1-2H3,(H2,12,14,15,17). The maximum atomic E-state index is 11.9. The number of aromatic nitrogens is 5. The number of aryl methyl sites for hydroxylation is 1. The summed E-state index contributed by atoms with van der Waals surface area (Å²) < 4.78 is 1.50.